The van der Waals surface area contributed by atoms with Gasteiger partial charge in [0.25, 0.3) is 0 Å². The van der Waals surface area contributed by atoms with Gasteiger partial charge in [0.15, 0.2) is 0 Å². The number of hydrogen-bond acceptors (Lipinski definition) is 3. The van der Waals surface area contributed by atoms with Crippen LogP contribution in [0.5, 0.6) is 0 Å². The van der Waals surface area contributed by atoms with Crippen LogP contribution in [-0.4, -0.2) is 54.3 Å². The van der Waals surface area contributed by atoms with E-state index in [1.165, 1.54) is 5.56 Å². The van der Waals surface area contributed by atoms with Crippen LogP contribution < -0.4 is 5.32 Å². The van der Waals surface area contributed by atoms with Crippen LogP contribution in [0.3, 0.4) is 0 Å². The number of amides is 2. The monoisotopic (exact) mass is 371 g/mol. The lowest BCUT2D eigenvalue weighted by molar-refractivity contribution is -0.135. The fourth-order valence-corrected chi connectivity index (χ4v) is 4.57. The van der Waals surface area contributed by atoms with Crippen molar-refractivity contribution in [2.24, 2.45) is 5.41 Å². The largest absolute Gasteiger partial charge is 0.342 e. The summed E-state index contributed by atoms with van der Waals surface area (Å²) in [4.78, 5) is 29.7. The Labute approximate surface area is 163 Å². The summed E-state index contributed by atoms with van der Waals surface area (Å²) in [6, 6.07) is 6.15. The minimum Gasteiger partial charge on any atom is -0.342 e. The molecule has 0 aliphatic carbocycles. The highest BCUT2D eigenvalue weighted by Gasteiger charge is 2.50. The molecule has 1 unspecified atom stereocenters. The number of aryl methyl sites for hydroxylation is 1. The summed E-state index contributed by atoms with van der Waals surface area (Å²) in [6.07, 6.45) is 2.81. The maximum atomic E-state index is 12.8. The van der Waals surface area contributed by atoms with Crippen molar-refractivity contribution in [3.63, 3.8) is 0 Å². The molecule has 3 rings (SSSR count). The van der Waals surface area contributed by atoms with E-state index >= 15 is 0 Å². The second kappa shape index (κ2) is 8.01. The third-order valence-electron chi connectivity index (χ3n) is 6.09. The summed E-state index contributed by atoms with van der Waals surface area (Å²) in [5.74, 6) is 0.670. The van der Waals surface area contributed by atoms with E-state index in [9.17, 15) is 9.59 Å². The Morgan fingerprint density at radius 2 is 2.00 bits per heavy atom. The van der Waals surface area contributed by atoms with E-state index < -0.39 is 0 Å². The number of carbonyl (C=O) groups is 2. The highest BCUT2D eigenvalue weighted by molar-refractivity contribution is 5.94. The van der Waals surface area contributed by atoms with Crippen LogP contribution in [0.4, 0.5) is 5.69 Å². The summed E-state index contributed by atoms with van der Waals surface area (Å²) in [7, 11) is 0. The van der Waals surface area contributed by atoms with Crippen LogP contribution in [-0.2, 0) is 9.59 Å². The maximum absolute atomic E-state index is 12.8. The lowest BCUT2D eigenvalue weighted by Gasteiger charge is -2.23. The van der Waals surface area contributed by atoms with Crippen LogP contribution in [0, 0.1) is 12.3 Å². The van der Waals surface area contributed by atoms with Crippen LogP contribution in [0.15, 0.2) is 18.2 Å². The summed E-state index contributed by atoms with van der Waals surface area (Å²) in [5, 5.41) is 3.13. The second-order valence-electron chi connectivity index (χ2n) is 8.53. The quantitative estimate of drug-likeness (QED) is 0.834. The standard InChI is InChI=1S/C22H33N3O2/c1-5-11-25-13-10-22(21(25)27)9-12-24(15-22)14-19(26)23-20-17(4)7-6-8-18(20)16(2)3/h6-8,16H,5,9-15H2,1-4H3,(H,23,26). The number of hydrogen-bond donors (Lipinski definition) is 1. The Balaban J connectivity index is 1.62. The fraction of sp³-hybridized carbons (Fsp3) is 0.636. The topological polar surface area (TPSA) is 52.6 Å². The van der Waals surface area contributed by atoms with E-state index in [-0.39, 0.29) is 11.3 Å². The van der Waals surface area contributed by atoms with Gasteiger partial charge in [0.2, 0.25) is 11.8 Å². The number of carbonyl (C=O) groups excluding carboxylic acids is 2. The molecule has 2 aliphatic heterocycles. The van der Waals surface area contributed by atoms with Gasteiger partial charge in [-0.2, -0.15) is 0 Å². The molecule has 2 fully saturated rings. The summed E-state index contributed by atoms with van der Waals surface area (Å²) in [5.41, 5.74) is 2.95. The molecule has 1 atom stereocenters. The van der Waals surface area contributed by atoms with Crippen LogP contribution >= 0.6 is 0 Å². The Morgan fingerprint density at radius 1 is 1.26 bits per heavy atom. The second-order valence-corrected chi connectivity index (χ2v) is 8.53. The third-order valence-corrected chi connectivity index (χ3v) is 6.09. The highest BCUT2D eigenvalue weighted by atomic mass is 16.2. The van der Waals surface area contributed by atoms with Crippen molar-refractivity contribution in [2.45, 2.75) is 52.9 Å². The van der Waals surface area contributed by atoms with E-state index in [4.69, 9.17) is 0 Å². The van der Waals surface area contributed by atoms with E-state index in [1.807, 2.05) is 24.0 Å². The zero-order valence-corrected chi connectivity index (χ0v) is 17.2. The molecule has 0 aromatic heterocycles. The predicted octanol–water partition coefficient (Wildman–Crippen LogP) is 3.39. The summed E-state index contributed by atoms with van der Waals surface area (Å²) < 4.78 is 0. The molecule has 1 aromatic rings. The average molecular weight is 372 g/mol. The number of nitrogens with one attached hydrogen (secondary N) is 1. The number of anilines is 1. The molecule has 2 amide bonds. The van der Waals surface area contributed by atoms with Crippen molar-refractivity contribution in [1.29, 1.82) is 0 Å². The molecular formula is C22H33N3O2. The Hall–Kier alpha value is -1.88. The molecule has 0 bridgehead atoms. The molecule has 1 N–H and O–H groups in total. The highest BCUT2D eigenvalue weighted by Crippen LogP contribution is 2.40. The van der Waals surface area contributed by atoms with Crippen molar-refractivity contribution in [1.82, 2.24) is 9.80 Å². The predicted molar refractivity (Wildman–Crippen MR) is 109 cm³/mol. The summed E-state index contributed by atoms with van der Waals surface area (Å²) in [6.45, 7) is 12.0. The fourth-order valence-electron chi connectivity index (χ4n) is 4.57. The Kier molecular flexibility index (Phi) is 5.89. The van der Waals surface area contributed by atoms with Crippen LogP contribution in [0.25, 0.3) is 0 Å². The molecular weight excluding hydrogens is 338 g/mol. The first kappa shape index (κ1) is 19.9. The van der Waals surface area contributed by atoms with Gasteiger partial charge in [-0.25, -0.2) is 0 Å². The smallest absolute Gasteiger partial charge is 0.238 e. The molecule has 0 saturated carbocycles. The molecule has 2 saturated heterocycles. The molecule has 1 spiro atoms. The minimum absolute atomic E-state index is 0.0131. The van der Waals surface area contributed by atoms with Crippen LogP contribution in [0.2, 0.25) is 0 Å². The molecule has 2 aliphatic rings. The van der Waals surface area contributed by atoms with Crippen molar-refractivity contribution < 1.29 is 9.59 Å². The molecule has 5 nitrogen and oxygen atoms in total. The number of nitrogens with zero attached hydrogens (tertiary/aromatic N) is 2. The molecule has 5 heteroatoms. The molecule has 2 heterocycles. The number of benzene rings is 1. The van der Waals surface area contributed by atoms with Gasteiger partial charge in [-0.05, 0) is 49.8 Å². The van der Waals surface area contributed by atoms with Gasteiger partial charge in [0, 0.05) is 25.3 Å². The van der Waals surface area contributed by atoms with E-state index in [0.717, 1.165) is 50.1 Å². The molecule has 1 aromatic carbocycles. The number of rotatable bonds is 6. The first-order valence-electron chi connectivity index (χ1n) is 10.3. The van der Waals surface area contributed by atoms with E-state index in [0.29, 0.717) is 24.9 Å². The van der Waals surface area contributed by atoms with Crippen molar-refractivity contribution in [2.75, 3.05) is 38.0 Å². The van der Waals surface area contributed by atoms with Gasteiger partial charge in [0.1, 0.15) is 0 Å². The molecule has 27 heavy (non-hydrogen) atoms. The van der Waals surface area contributed by atoms with Gasteiger partial charge < -0.3 is 10.2 Å². The first-order chi connectivity index (χ1) is 12.9. The normalized spacial score (nSPS) is 23.0. The van der Waals surface area contributed by atoms with E-state index in [2.05, 4.69) is 37.1 Å². The third kappa shape index (κ3) is 4.03. The number of para-hydroxylation sites is 1. The molecule has 0 radical (unpaired) electrons. The molecule has 148 valence electrons. The maximum Gasteiger partial charge on any atom is 0.238 e. The SMILES string of the molecule is CCCN1CCC2(CCN(CC(=O)Nc3c(C)cccc3C(C)C)C2)C1=O. The van der Waals surface area contributed by atoms with Gasteiger partial charge in [-0.15, -0.1) is 0 Å². The number of likely N-dealkylation sites (tertiary alicyclic amines) is 2. The van der Waals surface area contributed by atoms with Gasteiger partial charge >= 0.3 is 0 Å². The lowest BCUT2D eigenvalue weighted by atomic mass is 9.85. The Bertz CT molecular complexity index is 716. The Morgan fingerprint density at radius 3 is 2.70 bits per heavy atom. The van der Waals surface area contributed by atoms with Crippen molar-refractivity contribution in [3.05, 3.63) is 29.3 Å². The lowest BCUT2D eigenvalue weighted by Crippen LogP contribution is -2.39. The van der Waals surface area contributed by atoms with Crippen molar-refractivity contribution in [3.8, 4) is 0 Å². The van der Waals surface area contributed by atoms with Gasteiger partial charge in [0.05, 0.1) is 12.0 Å². The van der Waals surface area contributed by atoms with Crippen molar-refractivity contribution >= 4 is 17.5 Å². The van der Waals surface area contributed by atoms with Gasteiger partial charge in [-0.3, -0.25) is 14.5 Å². The average Bonchev–Trinajstić information content (AvgIpc) is 3.16. The van der Waals surface area contributed by atoms with Gasteiger partial charge in [-0.1, -0.05) is 39.0 Å². The van der Waals surface area contributed by atoms with Crippen LogP contribution in [0.1, 0.15) is 57.1 Å². The zero-order valence-electron chi connectivity index (χ0n) is 17.2. The first-order valence-corrected chi connectivity index (χ1v) is 10.3. The van der Waals surface area contributed by atoms with E-state index in [1.54, 1.807) is 0 Å². The minimum atomic E-state index is -0.249. The summed E-state index contributed by atoms with van der Waals surface area (Å²) >= 11 is 0. The zero-order chi connectivity index (χ0) is 19.6.